The molecule has 0 amide bonds. The van der Waals surface area contributed by atoms with Crippen LogP contribution in [0.1, 0.15) is 6.42 Å². The molecule has 1 atom stereocenters. The van der Waals surface area contributed by atoms with Crippen LogP contribution in [-0.2, 0) is 4.74 Å². The normalized spacial score (nSPS) is 16.3. The van der Waals surface area contributed by atoms with Gasteiger partial charge in [0.05, 0.1) is 17.7 Å². The summed E-state index contributed by atoms with van der Waals surface area (Å²) in [5.74, 6) is 0.998. The van der Waals surface area contributed by atoms with Gasteiger partial charge in [-0.05, 0) is 43.3 Å². The third kappa shape index (κ3) is 4.38. The number of benzene rings is 2. The fourth-order valence-corrected chi connectivity index (χ4v) is 3.33. The summed E-state index contributed by atoms with van der Waals surface area (Å²) in [6, 6.07) is 9.54. The molecule has 1 aliphatic heterocycles. The number of nitrogens with one attached hydrogen (secondary N) is 2. The molecular weight excluding hydrogens is 375 g/mol. The van der Waals surface area contributed by atoms with Crippen LogP contribution in [0.5, 0.6) is 11.5 Å². The summed E-state index contributed by atoms with van der Waals surface area (Å²) in [6.45, 7) is 2.68. The van der Waals surface area contributed by atoms with Gasteiger partial charge >= 0.3 is 0 Å². The van der Waals surface area contributed by atoms with E-state index in [1.807, 2.05) is 18.2 Å². The average Bonchev–Trinajstić information content (AvgIpc) is 3.23. The van der Waals surface area contributed by atoms with Gasteiger partial charge in [-0.15, -0.1) is 0 Å². The molecule has 29 heavy (non-hydrogen) atoms. The van der Waals surface area contributed by atoms with Gasteiger partial charge in [0.1, 0.15) is 29.7 Å². The lowest BCUT2D eigenvalue weighted by atomic mass is 10.1. The molecule has 0 saturated carbocycles. The number of hydrogen-bond donors (Lipinski definition) is 3. The Hall–Kier alpha value is -2.97. The lowest BCUT2D eigenvalue weighted by molar-refractivity contribution is 0.146. The Balaban J connectivity index is 1.78. The highest BCUT2D eigenvalue weighted by Gasteiger charge is 2.19. The van der Waals surface area contributed by atoms with Crippen molar-refractivity contribution in [3.63, 3.8) is 0 Å². The van der Waals surface area contributed by atoms with Crippen molar-refractivity contribution >= 4 is 16.7 Å². The van der Waals surface area contributed by atoms with Crippen molar-refractivity contribution in [1.29, 1.82) is 0 Å². The van der Waals surface area contributed by atoms with Gasteiger partial charge in [-0.1, -0.05) is 0 Å². The zero-order chi connectivity index (χ0) is 20.2. The molecule has 1 aromatic heterocycles. The fraction of sp³-hybridized carbons (Fsp3) is 0.333. The van der Waals surface area contributed by atoms with E-state index in [0.29, 0.717) is 30.3 Å². The number of hydrogen-bond acceptors (Lipinski definition) is 7. The van der Waals surface area contributed by atoms with Crippen LogP contribution in [0.4, 0.5) is 10.2 Å². The molecule has 1 unspecified atom stereocenters. The first-order chi connectivity index (χ1) is 14.1. The van der Waals surface area contributed by atoms with Crippen LogP contribution in [0.15, 0.2) is 36.4 Å². The van der Waals surface area contributed by atoms with E-state index in [9.17, 15) is 9.50 Å². The SMILES string of the molecule is COCCOc1ccc2c(NC3CCNC3)nc(-c3cc(F)ccc3O)nc2c1. The van der Waals surface area contributed by atoms with Gasteiger partial charge in [0.15, 0.2) is 5.82 Å². The van der Waals surface area contributed by atoms with Crippen LogP contribution >= 0.6 is 0 Å². The molecule has 3 N–H and O–H groups in total. The van der Waals surface area contributed by atoms with Crippen molar-refractivity contribution in [2.24, 2.45) is 0 Å². The van der Waals surface area contributed by atoms with E-state index in [1.165, 1.54) is 18.2 Å². The maximum Gasteiger partial charge on any atom is 0.165 e. The van der Waals surface area contributed by atoms with E-state index in [2.05, 4.69) is 20.6 Å². The van der Waals surface area contributed by atoms with E-state index in [-0.39, 0.29) is 23.2 Å². The number of fused-ring (bicyclic) bond motifs is 1. The Labute approximate surface area is 167 Å². The second-order valence-electron chi connectivity index (χ2n) is 6.91. The predicted octanol–water partition coefficient (Wildman–Crippen LogP) is 2.94. The number of methoxy groups -OCH3 is 1. The summed E-state index contributed by atoms with van der Waals surface area (Å²) in [5, 5.41) is 17.8. The van der Waals surface area contributed by atoms with E-state index in [0.717, 1.165) is 24.9 Å². The first-order valence-corrected chi connectivity index (χ1v) is 9.54. The van der Waals surface area contributed by atoms with E-state index in [4.69, 9.17) is 9.47 Å². The van der Waals surface area contributed by atoms with Crippen molar-refractivity contribution in [2.45, 2.75) is 12.5 Å². The molecule has 2 aromatic carbocycles. The molecular formula is C21H23FN4O3. The number of phenols is 1. The number of phenolic OH excluding ortho intramolecular Hbond substituents is 1. The number of aromatic nitrogens is 2. The second-order valence-corrected chi connectivity index (χ2v) is 6.91. The molecule has 1 fully saturated rings. The average molecular weight is 398 g/mol. The standard InChI is InChI=1S/C21H23FN4O3/c1-28-8-9-29-15-3-4-16-18(11-15)25-21(17-10-13(22)2-5-19(17)27)26-20(16)24-14-6-7-23-12-14/h2-5,10-11,14,23,27H,6-9,12H2,1H3,(H,24,25,26). The molecule has 3 aromatic rings. The largest absolute Gasteiger partial charge is 0.507 e. The number of anilines is 1. The topological polar surface area (TPSA) is 88.5 Å². The first-order valence-electron chi connectivity index (χ1n) is 9.54. The quantitative estimate of drug-likeness (QED) is 0.527. The number of halogens is 1. The molecule has 4 rings (SSSR count). The lowest BCUT2D eigenvalue weighted by Crippen LogP contribution is -2.23. The minimum atomic E-state index is -0.465. The summed E-state index contributed by atoms with van der Waals surface area (Å²) in [5.41, 5.74) is 0.882. The van der Waals surface area contributed by atoms with Crippen LogP contribution in [0.2, 0.25) is 0 Å². The Morgan fingerprint density at radius 2 is 2.10 bits per heavy atom. The molecule has 0 bridgehead atoms. The third-order valence-corrected chi connectivity index (χ3v) is 4.83. The Kier molecular flexibility index (Phi) is 5.73. The van der Waals surface area contributed by atoms with Gasteiger partial charge in [-0.3, -0.25) is 0 Å². The second kappa shape index (κ2) is 8.59. The van der Waals surface area contributed by atoms with E-state index in [1.54, 1.807) is 7.11 Å². The summed E-state index contributed by atoms with van der Waals surface area (Å²) in [4.78, 5) is 9.17. The van der Waals surface area contributed by atoms with Crippen molar-refractivity contribution in [3.8, 4) is 22.9 Å². The maximum atomic E-state index is 13.8. The first kappa shape index (κ1) is 19.4. The Bertz CT molecular complexity index is 1010. The monoisotopic (exact) mass is 398 g/mol. The van der Waals surface area contributed by atoms with Crippen LogP contribution in [0.25, 0.3) is 22.3 Å². The molecule has 1 saturated heterocycles. The molecule has 0 aliphatic carbocycles. The summed E-state index contributed by atoms with van der Waals surface area (Å²) < 4.78 is 24.5. The van der Waals surface area contributed by atoms with Gasteiger partial charge in [0.25, 0.3) is 0 Å². The van der Waals surface area contributed by atoms with Gasteiger partial charge in [-0.25, -0.2) is 14.4 Å². The Morgan fingerprint density at radius 1 is 1.21 bits per heavy atom. The smallest absolute Gasteiger partial charge is 0.165 e. The van der Waals surface area contributed by atoms with Crippen molar-refractivity contribution in [2.75, 3.05) is 38.7 Å². The molecule has 7 nitrogen and oxygen atoms in total. The summed E-state index contributed by atoms with van der Waals surface area (Å²) >= 11 is 0. The minimum absolute atomic E-state index is 0.0771. The zero-order valence-corrected chi connectivity index (χ0v) is 16.1. The third-order valence-electron chi connectivity index (χ3n) is 4.83. The number of aromatic hydroxyl groups is 1. The van der Waals surface area contributed by atoms with Gasteiger partial charge in [-0.2, -0.15) is 0 Å². The van der Waals surface area contributed by atoms with Crippen molar-refractivity contribution in [1.82, 2.24) is 15.3 Å². The maximum absolute atomic E-state index is 13.8. The van der Waals surface area contributed by atoms with Crippen molar-refractivity contribution < 1.29 is 19.0 Å². The van der Waals surface area contributed by atoms with Crippen LogP contribution in [-0.4, -0.2) is 54.5 Å². The minimum Gasteiger partial charge on any atom is -0.507 e. The number of ether oxygens (including phenoxy) is 2. The predicted molar refractivity (Wildman–Crippen MR) is 109 cm³/mol. The summed E-state index contributed by atoms with van der Waals surface area (Å²) in [6.07, 6.45) is 0.976. The highest BCUT2D eigenvalue weighted by Crippen LogP contribution is 2.32. The lowest BCUT2D eigenvalue weighted by Gasteiger charge is -2.16. The number of nitrogens with zero attached hydrogens (tertiary/aromatic N) is 2. The molecule has 1 aliphatic rings. The van der Waals surface area contributed by atoms with Crippen molar-refractivity contribution in [3.05, 3.63) is 42.2 Å². The van der Waals surface area contributed by atoms with Gasteiger partial charge in [0.2, 0.25) is 0 Å². The molecule has 152 valence electrons. The molecule has 0 spiro atoms. The van der Waals surface area contributed by atoms with Gasteiger partial charge in [0, 0.05) is 31.1 Å². The number of rotatable bonds is 7. The van der Waals surface area contributed by atoms with Crippen LogP contribution in [0, 0.1) is 5.82 Å². The van der Waals surface area contributed by atoms with Crippen LogP contribution in [0.3, 0.4) is 0 Å². The Morgan fingerprint density at radius 3 is 2.90 bits per heavy atom. The zero-order valence-electron chi connectivity index (χ0n) is 16.1. The highest BCUT2D eigenvalue weighted by atomic mass is 19.1. The van der Waals surface area contributed by atoms with E-state index < -0.39 is 5.82 Å². The highest BCUT2D eigenvalue weighted by molar-refractivity contribution is 5.92. The molecule has 2 heterocycles. The van der Waals surface area contributed by atoms with Gasteiger partial charge < -0.3 is 25.2 Å². The van der Waals surface area contributed by atoms with E-state index >= 15 is 0 Å². The summed E-state index contributed by atoms with van der Waals surface area (Å²) in [7, 11) is 1.62. The molecule has 0 radical (unpaired) electrons. The van der Waals surface area contributed by atoms with Crippen LogP contribution < -0.4 is 15.4 Å². The fourth-order valence-electron chi connectivity index (χ4n) is 3.33. The molecule has 8 heteroatoms.